The van der Waals surface area contributed by atoms with E-state index in [0.717, 1.165) is 32.7 Å². The average Bonchev–Trinajstić information content (AvgIpc) is 2.88. The van der Waals surface area contributed by atoms with Crippen LogP contribution in [0, 0.1) is 5.92 Å². The van der Waals surface area contributed by atoms with Crippen molar-refractivity contribution in [2.24, 2.45) is 5.92 Å². The predicted molar refractivity (Wildman–Crippen MR) is 69.1 cm³/mol. The smallest absolute Gasteiger partial charge is 0.0749 e. The molecule has 2 atom stereocenters. The molecule has 0 amide bonds. The Morgan fingerprint density at radius 3 is 2.35 bits per heavy atom. The zero-order chi connectivity index (χ0) is 12.3. The summed E-state index contributed by atoms with van der Waals surface area (Å²) < 4.78 is 5.45. The molecule has 0 aromatic carbocycles. The van der Waals surface area contributed by atoms with Gasteiger partial charge >= 0.3 is 0 Å². The number of nitrogens with zero attached hydrogens (tertiary/aromatic N) is 1. The number of aliphatic hydroxyl groups is 1. The number of morpholine rings is 1. The van der Waals surface area contributed by atoms with E-state index in [1.54, 1.807) is 0 Å². The number of aliphatic hydroxyl groups excluding tert-OH is 1. The van der Waals surface area contributed by atoms with Crippen LogP contribution in [0.15, 0.2) is 0 Å². The lowest BCUT2D eigenvalue weighted by atomic mass is 9.80. The monoisotopic (exact) mass is 241 g/mol. The van der Waals surface area contributed by atoms with E-state index in [1.807, 2.05) is 0 Å². The molecule has 0 radical (unpaired) electrons. The first-order chi connectivity index (χ1) is 8.20. The molecule has 3 nitrogen and oxygen atoms in total. The molecule has 1 aliphatic carbocycles. The van der Waals surface area contributed by atoms with Gasteiger partial charge in [-0.25, -0.2) is 0 Å². The maximum Gasteiger partial charge on any atom is 0.0749 e. The maximum absolute atomic E-state index is 10.7. The lowest BCUT2D eigenvalue weighted by Gasteiger charge is -2.48. The van der Waals surface area contributed by atoms with Crippen LogP contribution < -0.4 is 0 Å². The first kappa shape index (κ1) is 13.3. The highest BCUT2D eigenvalue weighted by atomic mass is 16.5. The summed E-state index contributed by atoms with van der Waals surface area (Å²) in [6.07, 6.45) is 5.76. The molecule has 1 saturated heterocycles. The van der Waals surface area contributed by atoms with Gasteiger partial charge < -0.3 is 9.84 Å². The Kier molecular flexibility index (Phi) is 4.45. The van der Waals surface area contributed by atoms with Crippen molar-refractivity contribution in [1.82, 2.24) is 4.90 Å². The van der Waals surface area contributed by atoms with Gasteiger partial charge in [0, 0.05) is 18.6 Å². The van der Waals surface area contributed by atoms with Crippen molar-refractivity contribution < 1.29 is 9.84 Å². The lowest BCUT2D eigenvalue weighted by Crippen LogP contribution is -2.60. The van der Waals surface area contributed by atoms with Gasteiger partial charge in [-0.1, -0.05) is 33.1 Å². The Morgan fingerprint density at radius 2 is 1.82 bits per heavy atom. The van der Waals surface area contributed by atoms with Gasteiger partial charge in [-0.15, -0.1) is 0 Å². The Balaban J connectivity index is 2.13. The molecule has 3 heteroatoms. The standard InChI is InChI=1S/C14H27NO2/c1-3-12(2)13(16)14(6-4-5-7-14)15-8-10-17-11-9-15/h12-13,16H,3-11H2,1-2H3. The maximum atomic E-state index is 10.7. The SMILES string of the molecule is CCC(C)C(O)C1(N2CCOCC2)CCCC1. The quantitative estimate of drug-likeness (QED) is 0.817. The third-order valence-corrected chi connectivity index (χ3v) is 4.84. The van der Waals surface area contributed by atoms with Gasteiger partial charge in [-0.2, -0.15) is 0 Å². The summed E-state index contributed by atoms with van der Waals surface area (Å²) >= 11 is 0. The Labute approximate surface area is 105 Å². The van der Waals surface area contributed by atoms with Crippen LogP contribution in [-0.4, -0.2) is 48.0 Å². The topological polar surface area (TPSA) is 32.7 Å². The highest BCUT2D eigenvalue weighted by molar-refractivity contribution is 5.02. The fourth-order valence-corrected chi connectivity index (χ4v) is 3.55. The summed E-state index contributed by atoms with van der Waals surface area (Å²) in [6, 6.07) is 0. The summed E-state index contributed by atoms with van der Waals surface area (Å²) in [5.74, 6) is 0.399. The molecular formula is C14H27NO2. The van der Waals surface area contributed by atoms with E-state index >= 15 is 0 Å². The van der Waals surface area contributed by atoms with Gasteiger partial charge in [0.1, 0.15) is 0 Å². The molecule has 0 aromatic heterocycles. The van der Waals surface area contributed by atoms with E-state index in [9.17, 15) is 5.11 Å². The van der Waals surface area contributed by atoms with E-state index in [-0.39, 0.29) is 11.6 Å². The van der Waals surface area contributed by atoms with Crippen LogP contribution in [0.5, 0.6) is 0 Å². The van der Waals surface area contributed by atoms with Gasteiger partial charge in [0.2, 0.25) is 0 Å². The minimum Gasteiger partial charge on any atom is -0.391 e. The first-order valence-corrected chi connectivity index (χ1v) is 7.21. The van der Waals surface area contributed by atoms with Crippen molar-refractivity contribution in [3.63, 3.8) is 0 Å². The molecule has 2 aliphatic rings. The second-order valence-corrected chi connectivity index (χ2v) is 5.74. The molecule has 2 fully saturated rings. The minimum atomic E-state index is -0.173. The molecule has 2 unspecified atom stereocenters. The number of rotatable bonds is 4. The van der Waals surface area contributed by atoms with Crippen molar-refractivity contribution >= 4 is 0 Å². The van der Waals surface area contributed by atoms with Crippen LogP contribution in [0.1, 0.15) is 46.0 Å². The average molecular weight is 241 g/mol. The Morgan fingerprint density at radius 1 is 1.24 bits per heavy atom. The molecule has 1 saturated carbocycles. The molecule has 1 aliphatic heterocycles. The summed E-state index contributed by atoms with van der Waals surface area (Å²) in [5, 5.41) is 10.7. The van der Waals surface area contributed by atoms with Gasteiger partial charge in [0.25, 0.3) is 0 Å². The van der Waals surface area contributed by atoms with Crippen molar-refractivity contribution in [1.29, 1.82) is 0 Å². The molecule has 17 heavy (non-hydrogen) atoms. The van der Waals surface area contributed by atoms with E-state index in [0.29, 0.717) is 5.92 Å². The number of hydrogen-bond acceptors (Lipinski definition) is 3. The van der Waals surface area contributed by atoms with Gasteiger partial charge in [0.05, 0.1) is 19.3 Å². The van der Waals surface area contributed by atoms with Crippen molar-refractivity contribution in [3.05, 3.63) is 0 Å². The van der Waals surface area contributed by atoms with Gasteiger partial charge in [0.15, 0.2) is 0 Å². The number of hydrogen-bond donors (Lipinski definition) is 1. The fourth-order valence-electron chi connectivity index (χ4n) is 3.55. The van der Waals surface area contributed by atoms with Crippen LogP contribution in [0.25, 0.3) is 0 Å². The molecule has 1 heterocycles. The molecule has 0 spiro atoms. The van der Waals surface area contributed by atoms with E-state index in [2.05, 4.69) is 18.7 Å². The van der Waals surface area contributed by atoms with E-state index in [1.165, 1.54) is 25.7 Å². The summed E-state index contributed by atoms with van der Waals surface area (Å²) in [6.45, 7) is 8.01. The zero-order valence-electron chi connectivity index (χ0n) is 11.3. The second-order valence-electron chi connectivity index (χ2n) is 5.74. The predicted octanol–water partition coefficient (Wildman–Crippen LogP) is 2.04. The van der Waals surface area contributed by atoms with Crippen LogP contribution >= 0.6 is 0 Å². The third-order valence-electron chi connectivity index (χ3n) is 4.84. The largest absolute Gasteiger partial charge is 0.391 e. The zero-order valence-corrected chi connectivity index (χ0v) is 11.3. The van der Waals surface area contributed by atoms with Gasteiger partial charge in [-0.3, -0.25) is 4.90 Å². The van der Waals surface area contributed by atoms with Crippen molar-refractivity contribution in [3.8, 4) is 0 Å². The highest BCUT2D eigenvalue weighted by Crippen LogP contribution is 2.41. The Hall–Kier alpha value is -0.120. The molecule has 0 bridgehead atoms. The van der Waals surface area contributed by atoms with E-state index < -0.39 is 0 Å². The molecule has 1 N–H and O–H groups in total. The fraction of sp³-hybridized carbons (Fsp3) is 1.00. The normalized spacial score (nSPS) is 29.1. The van der Waals surface area contributed by atoms with Crippen molar-refractivity contribution in [2.75, 3.05) is 26.3 Å². The van der Waals surface area contributed by atoms with Crippen molar-refractivity contribution in [2.45, 2.75) is 57.6 Å². The third kappa shape index (κ3) is 2.51. The lowest BCUT2D eigenvalue weighted by molar-refractivity contribution is -0.0922. The minimum absolute atomic E-state index is 0.0548. The summed E-state index contributed by atoms with van der Waals surface area (Å²) in [5.41, 5.74) is 0.0548. The summed E-state index contributed by atoms with van der Waals surface area (Å²) in [7, 11) is 0. The molecule has 0 aromatic rings. The van der Waals surface area contributed by atoms with Crippen LogP contribution in [0.2, 0.25) is 0 Å². The molecule has 2 rings (SSSR count). The van der Waals surface area contributed by atoms with E-state index in [4.69, 9.17) is 4.74 Å². The second kappa shape index (κ2) is 5.68. The number of ether oxygens (including phenoxy) is 1. The van der Waals surface area contributed by atoms with Crippen LogP contribution in [0.3, 0.4) is 0 Å². The molecule has 100 valence electrons. The Bertz CT molecular complexity index is 228. The highest BCUT2D eigenvalue weighted by Gasteiger charge is 2.47. The van der Waals surface area contributed by atoms with Gasteiger partial charge in [-0.05, 0) is 18.8 Å². The summed E-state index contributed by atoms with van der Waals surface area (Å²) in [4.78, 5) is 2.51. The van der Waals surface area contributed by atoms with Crippen LogP contribution in [-0.2, 0) is 4.74 Å². The molecular weight excluding hydrogens is 214 g/mol. The first-order valence-electron chi connectivity index (χ1n) is 7.21. The van der Waals surface area contributed by atoms with Crippen LogP contribution in [0.4, 0.5) is 0 Å².